The zero-order chi connectivity index (χ0) is 13.9. The van der Waals surface area contributed by atoms with E-state index in [9.17, 15) is 9.59 Å². The third-order valence-corrected chi connectivity index (χ3v) is 2.85. The summed E-state index contributed by atoms with van der Waals surface area (Å²) in [4.78, 5) is 26.7. The lowest BCUT2D eigenvalue weighted by molar-refractivity contribution is -0.119. The molecule has 0 radical (unpaired) electrons. The van der Waals surface area contributed by atoms with Crippen LogP contribution in [0.5, 0.6) is 0 Å². The van der Waals surface area contributed by atoms with Crippen molar-refractivity contribution in [2.24, 2.45) is 5.73 Å². The summed E-state index contributed by atoms with van der Waals surface area (Å²) in [6, 6.07) is 1.56. The van der Waals surface area contributed by atoms with Crippen molar-refractivity contribution in [2.45, 2.75) is 25.8 Å². The van der Waals surface area contributed by atoms with Crippen molar-refractivity contribution < 1.29 is 9.59 Å². The predicted octanol–water partition coefficient (Wildman–Crippen LogP) is 1.88. The van der Waals surface area contributed by atoms with Crippen LogP contribution < -0.4 is 11.1 Å². The third kappa shape index (κ3) is 4.27. The number of amides is 2. The van der Waals surface area contributed by atoms with Crippen LogP contribution in [-0.2, 0) is 4.79 Å². The first kappa shape index (κ1) is 14.9. The van der Waals surface area contributed by atoms with Gasteiger partial charge in [-0.3, -0.25) is 9.59 Å². The Balaban J connectivity index is 2.88. The van der Waals surface area contributed by atoms with Gasteiger partial charge in [-0.2, -0.15) is 0 Å². The lowest BCUT2D eigenvalue weighted by Crippen LogP contribution is -2.46. The van der Waals surface area contributed by atoms with Crippen LogP contribution in [0.4, 0.5) is 0 Å². The van der Waals surface area contributed by atoms with Crippen molar-refractivity contribution in [2.75, 3.05) is 0 Å². The summed E-state index contributed by atoms with van der Waals surface area (Å²) < 4.78 is 0.643. The minimum Gasteiger partial charge on any atom is -0.370 e. The van der Waals surface area contributed by atoms with Crippen LogP contribution in [0.15, 0.2) is 16.7 Å². The summed E-state index contributed by atoms with van der Waals surface area (Å²) in [6.07, 6.45) is 1.53. The molecule has 0 aromatic carbocycles. The zero-order valence-corrected chi connectivity index (χ0v) is 12.3. The SMILES string of the molecule is CC(C)(CC(N)=O)NC(=O)c1cc(Br)cnc1Cl. The second-order valence-corrected chi connectivity index (χ2v) is 5.75. The van der Waals surface area contributed by atoms with Crippen LogP contribution in [0.1, 0.15) is 30.6 Å². The molecule has 5 nitrogen and oxygen atoms in total. The number of hydrogen-bond acceptors (Lipinski definition) is 3. The molecule has 3 N–H and O–H groups in total. The molecule has 2 amide bonds. The highest BCUT2D eigenvalue weighted by Crippen LogP contribution is 2.19. The number of carbonyl (C=O) groups is 2. The number of hydrogen-bond donors (Lipinski definition) is 2. The summed E-state index contributed by atoms with van der Waals surface area (Å²) >= 11 is 9.05. The predicted molar refractivity (Wildman–Crippen MR) is 72.3 cm³/mol. The highest BCUT2D eigenvalue weighted by molar-refractivity contribution is 9.10. The molecule has 0 unspecified atom stereocenters. The van der Waals surface area contributed by atoms with Gasteiger partial charge in [0.2, 0.25) is 5.91 Å². The molecule has 1 aromatic heterocycles. The molecule has 18 heavy (non-hydrogen) atoms. The fraction of sp³-hybridized carbons (Fsp3) is 0.364. The quantitative estimate of drug-likeness (QED) is 0.824. The van der Waals surface area contributed by atoms with E-state index in [2.05, 4.69) is 26.2 Å². The molecule has 0 spiro atoms. The van der Waals surface area contributed by atoms with Crippen molar-refractivity contribution in [3.63, 3.8) is 0 Å². The minimum absolute atomic E-state index is 0.0395. The van der Waals surface area contributed by atoms with Gasteiger partial charge < -0.3 is 11.1 Å². The molecular weight excluding hydrogens is 321 g/mol. The molecule has 0 saturated carbocycles. The Morgan fingerprint density at radius 3 is 2.72 bits per heavy atom. The molecule has 0 fully saturated rings. The second-order valence-electron chi connectivity index (χ2n) is 4.47. The third-order valence-electron chi connectivity index (χ3n) is 2.12. The number of nitrogens with zero attached hydrogens (tertiary/aromatic N) is 1. The molecule has 98 valence electrons. The smallest absolute Gasteiger partial charge is 0.254 e. The Morgan fingerprint density at radius 1 is 1.56 bits per heavy atom. The standard InChI is InChI=1S/C11H13BrClN3O2/c1-11(2,4-8(14)17)16-10(18)7-3-6(12)5-15-9(7)13/h3,5H,4H2,1-2H3,(H2,14,17)(H,16,18). The molecule has 1 rings (SSSR count). The summed E-state index contributed by atoms with van der Waals surface area (Å²) in [5, 5.41) is 2.79. The van der Waals surface area contributed by atoms with Gasteiger partial charge in [0.1, 0.15) is 5.15 Å². The second kappa shape index (κ2) is 5.67. The van der Waals surface area contributed by atoms with Gasteiger partial charge in [-0.15, -0.1) is 0 Å². The van der Waals surface area contributed by atoms with E-state index in [1.165, 1.54) is 6.20 Å². The Labute approximate surface area is 118 Å². The average molecular weight is 335 g/mol. The van der Waals surface area contributed by atoms with Crippen LogP contribution >= 0.6 is 27.5 Å². The van der Waals surface area contributed by atoms with Gasteiger partial charge >= 0.3 is 0 Å². The number of halogens is 2. The van der Waals surface area contributed by atoms with E-state index in [1.54, 1.807) is 19.9 Å². The van der Waals surface area contributed by atoms with Crippen LogP contribution in [0.2, 0.25) is 5.15 Å². The van der Waals surface area contributed by atoms with Crippen LogP contribution in [0.3, 0.4) is 0 Å². The Kier molecular flexibility index (Phi) is 4.70. The normalized spacial score (nSPS) is 11.1. The van der Waals surface area contributed by atoms with Crippen LogP contribution in [-0.4, -0.2) is 22.3 Å². The molecular formula is C11H13BrClN3O2. The van der Waals surface area contributed by atoms with E-state index in [-0.39, 0.29) is 17.1 Å². The first-order valence-corrected chi connectivity index (χ1v) is 6.30. The summed E-state index contributed by atoms with van der Waals surface area (Å²) in [6.45, 7) is 3.41. The number of nitrogens with one attached hydrogen (secondary N) is 1. The summed E-state index contributed by atoms with van der Waals surface area (Å²) in [7, 11) is 0. The van der Waals surface area contributed by atoms with Gasteiger partial charge in [-0.1, -0.05) is 11.6 Å². The molecule has 0 aliphatic rings. The largest absolute Gasteiger partial charge is 0.370 e. The minimum atomic E-state index is -0.742. The maximum absolute atomic E-state index is 12.0. The lowest BCUT2D eigenvalue weighted by Gasteiger charge is -2.24. The highest BCUT2D eigenvalue weighted by atomic mass is 79.9. The zero-order valence-electron chi connectivity index (χ0n) is 9.96. The topological polar surface area (TPSA) is 85.1 Å². The molecule has 0 bridgehead atoms. The van der Waals surface area contributed by atoms with E-state index in [0.717, 1.165) is 0 Å². The van der Waals surface area contributed by atoms with E-state index in [4.69, 9.17) is 17.3 Å². The van der Waals surface area contributed by atoms with Crippen molar-refractivity contribution in [1.29, 1.82) is 0 Å². The van der Waals surface area contributed by atoms with Crippen LogP contribution in [0.25, 0.3) is 0 Å². The Morgan fingerprint density at radius 2 is 2.17 bits per heavy atom. The molecule has 1 heterocycles. The number of nitrogens with two attached hydrogens (primary N) is 1. The van der Waals surface area contributed by atoms with Crippen molar-refractivity contribution >= 4 is 39.3 Å². The van der Waals surface area contributed by atoms with E-state index < -0.39 is 17.4 Å². The van der Waals surface area contributed by atoms with E-state index in [0.29, 0.717) is 4.47 Å². The Hall–Kier alpha value is -1.14. The van der Waals surface area contributed by atoms with Gasteiger partial charge in [-0.05, 0) is 35.8 Å². The summed E-state index contributed by atoms with van der Waals surface area (Å²) in [5.74, 6) is -0.890. The monoisotopic (exact) mass is 333 g/mol. The van der Waals surface area contributed by atoms with Gasteiger partial charge in [0.25, 0.3) is 5.91 Å². The lowest BCUT2D eigenvalue weighted by atomic mass is 10.00. The van der Waals surface area contributed by atoms with E-state index >= 15 is 0 Å². The van der Waals surface area contributed by atoms with Gasteiger partial charge in [0.15, 0.2) is 0 Å². The number of rotatable bonds is 4. The van der Waals surface area contributed by atoms with E-state index in [1.807, 2.05) is 0 Å². The van der Waals surface area contributed by atoms with Crippen molar-refractivity contribution in [3.05, 3.63) is 27.5 Å². The average Bonchev–Trinajstić information content (AvgIpc) is 2.18. The first-order chi connectivity index (χ1) is 8.21. The van der Waals surface area contributed by atoms with Gasteiger partial charge in [0.05, 0.1) is 5.56 Å². The fourth-order valence-electron chi connectivity index (χ4n) is 1.44. The molecule has 0 aliphatic carbocycles. The first-order valence-electron chi connectivity index (χ1n) is 5.13. The number of primary amides is 1. The fourth-order valence-corrected chi connectivity index (χ4v) is 1.96. The highest BCUT2D eigenvalue weighted by Gasteiger charge is 2.24. The van der Waals surface area contributed by atoms with Crippen molar-refractivity contribution in [1.82, 2.24) is 10.3 Å². The van der Waals surface area contributed by atoms with Gasteiger partial charge in [0, 0.05) is 22.6 Å². The molecule has 0 atom stereocenters. The maximum Gasteiger partial charge on any atom is 0.254 e. The summed E-state index contributed by atoms with van der Waals surface area (Å²) in [5.41, 5.74) is 4.61. The van der Waals surface area contributed by atoms with Crippen LogP contribution in [0, 0.1) is 0 Å². The Bertz CT molecular complexity index is 491. The maximum atomic E-state index is 12.0. The number of pyridine rings is 1. The molecule has 0 aliphatic heterocycles. The van der Waals surface area contributed by atoms with Gasteiger partial charge in [-0.25, -0.2) is 4.98 Å². The van der Waals surface area contributed by atoms with Crippen molar-refractivity contribution in [3.8, 4) is 0 Å². The number of aromatic nitrogens is 1. The molecule has 7 heteroatoms. The molecule has 1 aromatic rings. The number of carbonyl (C=O) groups excluding carboxylic acids is 2. The molecule has 0 saturated heterocycles.